The van der Waals surface area contributed by atoms with Gasteiger partial charge in [-0.3, -0.25) is 24.1 Å². The van der Waals surface area contributed by atoms with Gasteiger partial charge in [0.2, 0.25) is 11.8 Å². The summed E-state index contributed by atoms with van der Waals surface area (Å²) in [6.07, 6.45) is 5.12. The minimum Gasteiger partial charge on any atom is -0.457 e. The molecule has 2 fully saturated rings. The molecule has 5 aromatic rings. The van der Waals surface area contributed by atoms with Crippen LogP contribution >= 0.6 is 35.6 Å². The average Bonchev–Trinajstić information content (AvgIpc) is 3.95. The lowest BCUT2D eigenvalue weighted by Gasteiger charge is -2.34. The first-order valence-corrected chi connectivity index (χ1v) is 22.9. The molecule has 2 aliphatic rings. The van der Waals surface area contributed by atoms with Crippen LogP contribution in [0, 0.1) is 11.8 Å². The zero-order chi connectivity index (χ0) is 45.3. The van der Waals surface area contributed by atoms with Gasteiger partial charge in [0.25, 0.3) is 0 Å². The van der Waals surface area contributed by atoms with Gasteiger partial charge >= 0.3 is 0 Å². The first-order chi connectivity index (χ1) is 30.9. The molecule has 2 amide bonds. The van der Waals surface area contributed by atoms with E-state index in [0.29, 0.717) is 46.4 Å². The van der Waals surface area contributed by atoms with Crippen LogP contribution in [0.3, 0.4) is 0 Å². The van der Waals surface area contributed by atoms with E-state index in [2.05, 4.69) is 9.47 Å². The van der Waals surface area contributed by atoms with Crippen LogP contribution in [-0.2, 0) is 52.2 Å². The van der Waals surface area contributed by atoms with Crippen molar-refractivity contribution in [2.75, 3.05) is 26.7 Å². The number of carbonyl (C=O) groups excluding carboxylic acids is 4. The molecule has 4 aromatic carbocycles. The Bertz CT molecular complexity index is 2410. The number of imidazole rings is 1. The number of carbonyl (C=O) groups is 4. The van der Waals surface area contributed by atoms with Crippen LogP contribution in [0.1, 0.15) is 68.0 Å². The molecule has 1 N–H and O–H groups in total. The Kier molecular flexibility index (Phi) is 17.4. The number of ether oxygens (including phenoxy) is 1. The van der Waals surface area contributed by atoms with Gasteiger partial charge < -0.3 is 24.2 Å². The van der Waals surface area contributed by atoms with Crippen LogP contribution < -0.4 is 4.74 Å². The van der Waals surface area contributed by atoms with Crippen LogP contribution in [-0.4, -0.2) is 91.6 Å². The fraction of sp³-hybridized carbons (Fsp3) is 0.392. The lowest BCUT2D eigenvalue weighted by atomic mass is 9.87. The number of rotatable bonds is 12. The molecule has 0 unspecified atom stereocenters. The third-order valence-corrected chi connectivity index (χ3v) is 13.4. The summed E-state index contributed by atoms with van der Waals surface area (Å²) >= 11 is 12.7. The number of halogens is 3. The Morgan fingerprint density at radius 2 is 1.45 bits per heavy atom. The number of hydrogen-bond acceptors (Lipinski definition) is 8. The normalized spacial score (nSPS) is 20.5. The van der Waals surface area contributed by atoms with Crippen molar-refractivity contribution in [1.82, 2.24) is 24.3 Å². The highest BCUT2D eigenvalue weighted by atomic mass is 35.5. The van der Waals surface area contributed by atoms with Crippen molar-refractivity contribution in [2.24, 2.45) is 18.9 Å². The Balaban J connectivity index is 0.00000700. The molecule has 4 atom stereocenters. The molecule has 7 rings (SSSR count). The van der Waals surface area contributed by atoms with Crippen molar-refractivity contribution in [3.05, 3.63) is 136 Å². The molecule has 14 heteroatoms. The molecule has 1 aromatic heterocycles. The van der Waals surface area contributed by atoms with Crippen LogP contribution in [0.4, 0.5) is 0 Å². The molecule has 0 saturated carbocycles. The van der Waals surface area contributed by atoms with E-state index >= 15 is 0 Å². The standard InChI is InChI=1S/C51H57Cl2N5O6.ClH/c1-34-47(61)27-40(33-59)51(63)55(2)43(26-36-11-16-41(52)17-12-36)19-22-46(60)39(25-35-9-5-4-6-10-35)28-50(62)58(34)31-38-13-18-42(53)29-48(38)64-44-20-14-37(15-21-44)45-30-54-49(56(45)3)32-57-23-7-8-24-57;/h4-6,9-18,20-21,29-30,34,39-40,43,59H,7-8,19,22-28,31-33H2,1-3H3;1H/t34-,39+,40-,43-;/m0./s1. The summed E-state index contributed by atoms with van der Waals surface area (Å²) < 4.78 is 8.59. The zero-order valence-electron chi connectivity index (χ0n) is 37.2. The highest BCUT2D eigenvalue weighted by molar-refractivity contribution is 6.31. The van der Waals surface area contributed by atoms with Crippen LogP contribution in [0.2, 0.25) is 10.0 Å². The summed E-state index contributed by atoms with van der Waals surface area (Å²) in [5.74, 6) is -1.09. The molecular weight excluding hydrogens is 885 g/mol. The molecule has 0 aliphatic carbocycles. The molecule has 3 heterocycles. The second-order valence-electron chi connectivity index (χ2n) is 17.3. The van der Waals surface area contributed by atoms with Gasteiger partial charge in [-0.15, -0.1) is 12.4 Å². The summed E-state index contributed by atoms with van der Waals surface area (Å²) in [7, 11) is 3.69. The molecule has 11 nitrogen and oxygen atoms in total. The topological polar surface area (TPSA) is 125 Å². The average molecular weight is 943 g/mol. The number of likely N-dealkylation sites (N-methyl/N-ethyl adjacent to an activating group) is 1. The van der Waals surface area contributed by atoms with Gasteiger partial charge in [0.15, 0.2) is 5.78 Å². The number of aliphatic hydroxyl groups is 1. The van der Waals surface area contributed by atoms with Gasteiger partial charge in [0.1, 0.15) is 23.1 Å². The van der Waals surface area contributed by atoms with Gasteiger partial charge in [-0.2, -0.15) is 0 Å². The molecule has 2 aliphatic heterocycles. The summed E-state index contributed by atoms with van der Waals surface area (Å²) in [4.78, 5) is 67.6. The SMILES string of the molecule is C[C@H]1C(=O)C[C@@H](CO)C(=O)N(C)[C@H](Cc2ccc(Cl)cc2)CCC(=O)[C@H](Cc2ccccc2)CC(=O)N1Cc1ccc(Cl)cc1Oc1ccc(-c2cnc(CN3CCCC3)n2C)cc1.Cl. The highest BCUT2D eigenvalue weighted by Crippen LogP contribution is 2.33. The third-order valence-electron chi connectivity index (χ3n) is 12.9. The Hall–Kier alpha value is -5.04. The molecule has 344 valence electrons. The zero-order valence-corrected chi connectivity index (χ0v) is 39.5. The Labute approximate surface area is 398 Å². The molecule has 65 heavy (non-hydrogen) atoms. The fourth-order valence-corrected chi connectivity index (χ4v) is 9.14. The van der Waals surface area contributed by atoms with E-state index in [1.807, 2.05) is 80.0 Å². The number of nitrogens with zero attached hydrogens (tertiary/aromatic N) is 5. The summed E-state index contributed by atoms with van der Waals surface area (Å²) in [6.45, 7) is 4.02. The van der Waals surface area contributed by atoms with Crippen molar-refractivity contribution in [3.8, 4) is 22.8 Å². The van der Waals surface area contributed by atoms with Crippen LogP contribution in [0.5, 0.6) is 11.5 Å². The van der Waals surface area contributed by atoms with Crippen LogP contribution in [0.25, 0.3) is 11.3 Å². The first-order valence-electron chi connectivity index (χ1n) is 22.2. The van der Waals surface area contributed by atoms with Crippen molar-refractivity contribution in [3.63, 3.8) is 0 Å². The van der Waals surface area contributed by atoms with E-state index in [1.54, 1.807) is 49.2 Å². The molecular formula is C51H58Cl3N5O6. The highest BCUT2D eigenvalue weighted by Gasteiger charge is 2.36. The van der Waals surface area contributed by atoms with E-state index in [0.717, 1.165) is 47.8 Å². The molecule has 2 saturated heterocycles. The first kappa shape index (κ1) is 49.4. The van der Waals surface area contributed by atoms with E-state index in [-0.39, 0.29) is 49.9 Å². The maximum Gasteiger partial charge on any atom is 0.228 e. The van der Waals surface area contributed by atoms with Gasteiger partial charge in [-0.1, -0.05) is 71.7 Å². The van der Waals surface area contributed by atoms with Crippen molar-refractivity contribution >= 4 is 59.0 Å². The minimum absolute atomic E-state index is 0. The number of hydrogen-bond donors (Lipinski definition) is 1. The summed E-state index contributed by atoms with van der Waals surface area (Å²) in [5.41, 5.74) is 4.39. The van der Waals surface area contributed by atoms with Gasteiger partial charge in [0, 0.05) is 66.5 Å². The second kappa shape index (κ2) is 22.9. The third kappa shape index (κ3) is 12.7. The number of benzene rings is 4. The lowest BCUT2D eigenvalue weighted by Crippen LogP contribution is -2.47. The molecule has 0 bridgehead atoms. The number of Topliss-reactive ketones (excluding diaryl/α,β-unsaturated/α-hetero) is 2. The largest absolute Gasteiger partial charge is 0.457 e. The number of amides is 2. The Morgan fingerprint density at radius 3 is 2.14 bits per heavy atom. The Morgan fingerprint density at radius 1 is 0.769 bits per heavy atom. The summed E-state index contributed by atoms with van der Waals surface area (Å²) in [6, 6.07) is 28.3. The van der Waals surface area contributed by atoms with Gasteiger partial charge in [-0.25, -0.2) is 4.98 Å². The van der Waals surface area contributed by atoms with Gasteiger partial charge in [-0.05, 0) is 112 Å². The number of likely N-dealkylation sites (tertiary alicyclic amines) is 1. The van der Waals surface area contributed by atoms with Crippen molar-refractivity contribution < 1.29 is 29.0 Å². The maximum absolute atomic E-state index is 14.7. The lowest BCUT2D eigenvalue weighted by molar-refractivity contribution is -0.145. The van der Waals surface area contributed by atoms with E-state index < -0.39 is 42.2 Å². The van der Waals surface area contributed by atoms with Crippen molar-refractivity contribution in [2.45, 2.75) is 83.5 Å². The number of ketones is 2. The van der Waals surface area contributed by atoms with Crippen molar-refractivity contribution in [1.29, 1.82) is 0 Å². The second-order valence-corrected chi connectivity index (χ2v) is 18.1. The molecule has 0 spiro atoms. The maximum atomic E-state index is 14.7. The smallest absolute Gasteiger partial charge is 0.228 e. The summed E-state index contributed by atoms with van der Waals surface area (Å²) in [5, 5.41) is 11.5. The van der Waals surface area contributed by atoms with Gasteiger partial charge in [0.05, 0.1) is 43.5 Å². The van der Waals surface area contributed by atoms with E-state index in [9.17, 15) is 24.3 Å². The minimum atomic E-state index is -1.05. The van der Waals surface area contributed by atoms with E-state index in [4.69, 9.17) is 32.9 Å². The van der Waals surface area contributed by atoms with E-state index in [1.165, 1.54) is 17.7 Å². The number of aromatic nitrogens is 2. The quantitative estimate of drug-likeness (QED) is 0.131. The predicted molar refractivity (Wildman–Crippen MR) is 256 cm³/mol. The van der Waals surface area contributed by atoms with Crippen LogP contribution in [0.15, 0.2) is 103 Å². The monoisotopic (exact) mass is 941 g/mol. The molecule has 0 radical (unpaired) electrons. The fourth-order valence-electron chi connectivity index (χ4n) is 8.85. The predicted octanol–water partition coefficient (Wildman–Crippen LogP) is 9.17. The number of aliphatic hydroxyl groups excluding tert-OH is 1.